The highest BCUT2D eigenvalue weighted by Crippen LogP contribution is 2.25. The molecule has 0 bridgehead atoms. The molecule has 0 atom stereocenters. The first-order chi connectivity index (χ1) is 9.21. The molecule has 0 heterocycles. The molecule has 5 nitrogen and oxygen atoms in total. The Morgan fingerprint density at radius 3 is 2.37 bits per heavy atom. The van der Waals surface area contributed by atoms with Gasteiger partial charge in [-0.05, 0) is 12.5 Å². The number of benzene rings is 1. The molecule has 0 amide bonds. The summed E-state index contributed by atoms with van der Waals surface area (Å²) in [6.45, 7) is 3.11. The predicted molar refractivity (Wildman–Crippen MR) is 78.0 cm³/mol. The normalized spacial score (nSPS) is 10.5. The average Bonchev–Trinajstić information content (AvgIpc) is 2.42. The summed E-state index contributed by atoms with van der Waals surface area (Å²) in [5, 5.41) is 0. The molecule has 0 aliphatic heterocycles. The summed E-state index contributed by atoms with van der Waals surface area (Å²) < 4.78 is 15.5. The van der Waals surface area contributed by atoms with Gasteiger partial charge in [-0.1, -0.05) is 0 Å². The second-order valence-electron chi connectivity index (χ2n) is 4.29. The highest BCUT2D eigenvalue weighted by molar-refractivity contribution is 5.60. The van der Waals surface area contributed by atoms with Gasteiger partial charge in [-0.3, -0.25) is 0 Å². The first kappa shape index (κ1) is 15.6. The zero-order valence-electron chi connectivity index (χ0n) is 12.0. The molecule has 1 rings (SSSR count). The van der Waals surface area contributed by atoms with Crippen molar-refractivity contribution in [3.63, 3.8) is 0 Å². The van der Waals surface area contributed by atoms with Crippen molar-refractivity contribution in [1.29, 1.82) is 0 Å². The summed E-state index contributed by atoms with van der Waals surface area (Å²) >= 11 is 0. The maximum absolute atomic E-state index is 5.89. The van der Waals surface area contributed by atoms with Gasteiger partial charge in [0.1, 0.15) is 5.75 Å². The maximum atomic E-state index is 5.89. The van der Waals surface area contributed by atoms with Crippen molar-refractivity contribution in [1.82, 2.24) is 0 Å². The SMILES string of the molecule is COCCCN(CCOC)c1cc(N)cc(OC)c1. The van der Waals surface area contributed by atoms with E-state index in [0.717, 1.165) is 37.6 Å². The van der Waals surface area contributed by atoms with Crippen molar-refractivity contribution < 1.29 is 14.2 Å². The number of nitrogen functional groups attached to an aromatic ring is 1. The Bertz CT molecular complexity index is 372. The molecule has 0 saturated heterocycles. The molecule has 0 unspecified atom stereocenters. The van der Waals surface area contributed by atoms with Crippen molar-refractivity contribution in [2.45, 2.75) is 6.42 Å². The van der Waals surface area contributed by atoms with Gasteiger partial charge < -0.3 is 24.8 Å². The predicted octanol–water partition coefficient (Wildman–Crippen LogP) is 1.77. The third kappa shape index (κ3) is 5.36. The van der Waals surface area contributed by atoms with Crippen molar-refractivity contribution in [2.75, 3.05) is 58.3 Å². The lowest BCUT2D eigenvalue weighted by molar-refractivity contribution is 0.191. The lowest BCUT2D eigenvalue weighted by Crippen LogP contribution is -2.29. The largest absolute Gasteiger partial charge is 0.497 e. The zero-order chi connectivity index (χ0) is 14.1. The van der Waals surface area contributed by atoms with Crippen LogP contribution in [0.2, 0.25) is 0 Å². The third-order valence-electron chi connectivity index (χ3n) is 2.86. The molecule has 2 N–H and O–H groups in total. The number of hydrogen-bond donors (Lipinski definition) is 1. The van der Waals surface area contributed by atoms with Gasteiger partial charge in [0.05, 0.1) is 13.7 Å². The first-order valence-corrected chi connectivity index (χ1v) is 6.38. The minimum atomic E-state index is 0.671. The van der Waals surface area contributed by atoms with E-state index in [1.165, 1.54) is 0 Å². The van der Waals surface area contributed by atoms with Gasteiger partial charge in [0, 0.05) is 57.4 Å². The molecule has 19 heavy (non-hydrogen) atoms. The van der Waals surface area contributed by atoms with Crippen LogP contribution in [-0.4, -0.2) is 47.6 Å². The number of anilines is 2. The highest BCUT2D eigenvalue weighted by atomic mass is 16.5. The minimum absolute atomic E-state index is 0.671. The van der Waals surface area contributed by atoms with Crippen LogP contribution in [-0.2, 0) is 9.47 Å². The molecule has 0 fully saturated rings. The second kappa shape index (κ2) is 8.61. The van der Waals surface area contributed by atoms with Crippen molar-refractivity contribution in [2.24, 2.45) is 0 Å². The maximum Gasteiger partial charge on any atom is 0.122 e. The number of ether oxygens (including phenoxy) is 3. The van der Waals surface area contributed by atoms with E-state index >= 15 is 0 Å². The van der Waals surface area contributed by atoms with E-state index < -0.39 is 0 Å². The molecule has 0 aromatic heterocycles. The van der Waals surface area contributed by atoms with Gasteiger partial charge in [0.25, 0.3) is 0 Å². The molecule has 5 heteroatoms. The van der Waals surface area contributed by atoms with E-state index in [4.69, 9.17) is 19.9 Å². The van der Waals surface area contributed by atoms with Crippen LogP contribution < -0.4 is 15.4 Å². The molecule has 0 aliphatic rings. The lowest BCUT2D eigenvalue weighted by Gasteiger charge is -2.25. The Labute approximate surface area is 115 Å². The molecule has 0 radical (unpaired) electrons. The van der Waals surface area contributed by atoms with Gasteiger partial charge >= 0.3 is 0 Å². The molecular formula is C14H24N2O3. The van der Waals surface area contributed by atoms with Gasteiger partial charge in [-0.2, -0.15) is 0 Å². The van der Waals surface area contributed by atoms with Crippen LogP contribution in [0.25, 0.3) is 0 Å². The van der Waals surface area contributed by atoms with Crippen LogP contribution in [0, 0.1) is 0 Å². The summed E-state index contributed by atoms with van der Waals surface area (Å²) in [7, 11) is 5.05. The molecule has 1 aromatic rings. The lowest BCUT2D eigenvalue weighted by atomic mass is 10.2. The Kier molecular flexibility index (Phi) is 7.07. The standard InChI is InChI=1S/C14H24N2O3/c1-17-7-4-5-16(6-8-18-2)13-9-12(15)10-14(11-13)19-3/h9-11H,4-8,15H2,1-3H3. The highest BCUT2D eigenvalue weighted by Gasteiger charge is 2.08. The van der Waals surface area contributed by atoms with Crippen LogP contribution in [0.5, 0.6) is 5.75 Å². The summed E-state index contributed by atoms with van der Waals surface area (Å²) in [4.78, 5) is 2.22. The zero-order valence-corrected chi connectivity index (χ0v) is 12.0. The van der Waals surface area contributed by atoms with Crippen LogP contribution >= 0.6 is 0 Å². The van der Waals surface area contributed by atoms with E-state index in [2.05, 4.69) is 4.90 Å². The van der Waals surface area contributed by atoms with E-state index in [1.807, 2.05) is 18.2 Å². The van der Waals surface area contributed by atoms with E-state index in [9.17, 15) is 0 Å². The van der Waals surface area contributed by atoms with Crippen molar-refractivity contribution >= 4 is 11.4 Å². The Hall–Kier alpha value is -1.46. The molecule has 1 aromatic carbocycles. The number of methoxy groups -OCH3 is 3. The van der Waals surface area contributed by atoms with Gasteiger partial charge in [-0.15, -0.1) is 0 Å². The monoisotopic (exact) mass is 268 g/mol. The first-order valence-electron chi connectivity index (χ1n) is 6.38. The summed E-state index contributed by atoms with van der Waals surface area (Å²) in [6, 6.07) is 5.75. The molecule has 108 valence electrons. The number of hydrogen-bond acceptors (Lipinski definition) is 5. The molecule has 0 spiro atoms. The van der Waals surface area contributed by atoms with E-state index in [1.54, 1.807) is 21.3 Å². The quantitative estimate of drug-likeness (QED) is 0.546. The smallest absolute Gasteiger partial charge is 0.122 e. The van der Waals surface area contributed by atoms with Crippen molar-refractivity contribution in [3.8, 4) is 5.75 Å². The molecule has 0 saturated carbocycles. The van der Waals surface area contributed by atoms with Gasteiger partial charge in [0.15, 0.2) is 0 Å². The fourth-order valence-corrected chi connectivity index (χ4v) is 1.88. The van der Waals surface area contributed by atoms with Gasteiger partial charge in [-0.25, -0.2) is 0 Å². The number of rotatable bonds is 9. The number of nitrogens with zero attached hydrogens (tertiary/aromatic N) is 1. The molecular weight excluding hydrogens is 244 g/mol. The topological polar surface area (TPSA) is 57.0 Å². The van der Waals surface area contributed by atoms with Gasteiger partial charge in [0.2, 0.25) is 0 Å². The molecule has 0 aliphatic carbocycles. The van der Waals surface area contributed by atoms with Crippen molar-refractivity contribution in [3.05, 3.63) is 18.2 Å². The fraction of sp³-hybridized carbons (Fsp3) is 0.571. The fourth-order valence-electron chi connectivity index (χ4n) is 1.88. The van der Waals surface area contributed by atoms with E-state index in [-0.39, 0.29) is 0 Å². The van der Waals surface area contributed by atoms with Crippen LogP contribution in [0.1, 0.15) is 6.42 Å². The Balaban J connectivity index is 2.79. The number of nitrogens with two attached hydrogens (primary N) is 1. The summed E-state index contributed by atoms with van der Waals surface area (Å²) in [5.41, 5.74) is 7.64. The van der Waals surface area contributed by atoms with Crippen LogP contribution in [0.3, 0.4) is 0 Å². The second-order valence-corrected chi connectivity index (χ2v) is 4.29. The average molecular weight is 268 g/mol. The van der Waals surface area contributed by atoms with Crippen LogP contribution in [0.15, 0.2) is 18.2 Å². The third-order valence-corrected chi connectivity index (χ3v) is 2.86. The van der Waals surface area contributed by atoms with Crippen LogP contribution in [0.4, 0.5) is 11.4 Å². The minimum Gasteiger partial charge on any atom is -0.497 e. The Morgan fingerprint density at radius 1 is 1.00 bits per heavy atom. The van der Waals surface area contributed by atoms with E-state index in [0.29, 0.717) is 12.3 Å². The summed E-state index contributed by atoms with van der Waals surface area (Å²) in [5.74, 6) is 0.768. The Morgan fingerprint density at radius 2 is 1.74 bits per heavy atom. The summed E-state index contributed by atoms with van der Waals surface area (Å²) in [6.07, 6.45) is 0.956.